The predicted molar refractivity (Wildman–Crippen MR) is 122 cm³/mol. The highest BCUT2D eigenvalue weighted by molar-refractivity contribution is 7.89. The number of piperidine rings is 1. The minimum absolute atomic E-state index is 0.0880. The highest BCUT2D eigenvalue weighted by Gasteiger charge is 2.31. The van der Waals surface area contributed by atoms with Crippen LogP contribution in [0.3, 0.4) is 0 Å². The highest BCUT2D eigenvalue weighted by atomic mass is 35.5. The van der Waals surface area contributed by atoms with Gasteiger partial charge in [-0.1, -0.05) is 11.6 Å². The van der Waals surface area contributed by atoms with E-state index in [0.717, 1.165) is 0 Å². The van der Waals surface area contributed by atoms with E-state index < -0.39 is 33.9 Å². The number of carbonyl (C=O) groups excluding carboxylic acids is 3. The molecule has 0 spiro atoms. The van der Waals surface area contributed by atoms with Crippen LogP contribution in [0.25, 0.3) is 0 Å². The fourth-order valence-corrected chi connectivity index (χ4v) is 4.07. The van der Waals surface area contributed by atoms with E-state index in [0.29, 0.717) is 35.7 Å². The lowest BCUT2D eigenvalue weighted by molar-refractivity contribution is -0.158. The maximum Gasteiger partial charge on any atom is 0.311 e. The van der Waals surface area contributed by atoms with Crippen molar-refractivity contribution in [2.24, 2.45) is 11.1 Å². The van der Waals surface area contributed by atoms with Gasteiger partial charge in [-0.2, -0.15) is 0 Å². The number of amides is 2. The number of benzene rings is 2. The molecule has 0 aliphatic carbocycles. The number of sulfonamides is 1. The fourth-order valence-electron chi connectivity index (χ4n) is 3.42. The molecule has 2 aromatic rings. The second-order valence-corrected chi connectivity index (χ2v) is 9.73. The Labute approximate surface area is 196 Å². The monoisotopic (exact) mass is 493 g/mol. The van der Waals surface area contributed by atoms with Gasteiger partial charge in [0.05, 0.1) is 10.8 Å². The number of esters is 1. The predicted octanol–water partition coefficient (Wildman–Crippen LogP) is 2.41. The summed E-state index contributed by atoms with van der Waals surface area (Å²) in [4.78, 5) is 39.2. The van der Waals surface area contributed by atoms with Gasteiger partial charge in [0.25, 0.3) is 11.8 Å². The molecule has 33 heavy (non-hydrogen) atoms. The standard InChI is InChI=1S/C22H24ClN3O6S/c1-14(20(27)25-18-8-10-19(11-9-18)33(24,30)31)32-22(29)16-3-2-12-26(13-16)21(28)15-4-6-17(23)7-5-15/h4-11,14,16H,2-3,12-13H2,1H3,(H,25,27)(H2,24,30,31). The molecule has 1 fully saturated rings. The third-order valence-corrected chi connectivity index (χ3v) is 6.43. The van der Waals surface area contributed by atoms with Crippen molar-refractivity contribution in [2.75, 3.05) is 18.4 Å². The first-order valence-electron chi connectivity index (χ1n) is 10.2. The first-order chi connectivity index (χ1) is 15.5. The highest BCUT2D eigenvalue weighted by Crippen LogP contribution is 2.21. The number of anilines is 1. The Morgan fingerprint density at radius 2 is 1.76 bits per heavy atom. The topological polar surface area (TPSA) is 136 Å². The van der Waals surface area contributed by atoms with Crippen molar-refractivity contribution in [3.05, 3.63) is 59.1 Å². The molecule has 2 aromatic carbocycles. The van der Waals surface area contributed by atoms with Gasteiger partial charge in [-0.15, -0.1) is 0 Å². The Bertz CT molecular complexity index is 1140. The van der Waals surface area contributed by atoms with Crippen molar-refractivity contribution >= 4 is 45.1 Å². The van der Waals surface area contributed by atoms with Gasteiger partial charge >= 0.3 is 5.97 Å². The van der Waals surface area contributed by atoms with Crippen LogP contribution in [-0.4, -0.2) is 50.3 Å². The molecule has 0 saturated carbocycles. The second kappa shape index (κ2) is 10.3. The zero-order chi connectivity index (χ0) is 24.2. The number of nitrogens with two attached hydrogens (primary N) is 1. The van der Waals surface area contributed by atoms with Crippen molar-refractivity contribution < 1.29 is 27.5 Å². The van der Waals surface area contributed by atoms with Crippen LogP contribution < -0.4 is 10.5 Å². The molecule has 2 amide bonds. The van der Waals surface area contributed by atoms with Crippen LogP contribution in [0.5, 0.6) is 0 Å². The van der Waals surface area contributed by atoms with Crippen LogP contribution in [0, 0.1) is 5.92 Å². The SMILES string of the molecule is CC(OC(=O)C1CCCN(C(=O)c2ccc(Cl)cc2)C1)C(=O)Nc1ccc(S(N)(=O)=O)cc1. The molecular formula is C22H24ClN3O6S. The quantitative estimate of drug-likeness (QED) is 0.593. The number of likely N-dealkylation sites (tertiary alicyclic amines) is 1. The molecule has 176 valence electrons. The number of hydrogen-bond acceptors (Lipinski definition) is 6. The Balaban J connectivity index is 1.55. The van der Waals surface area contributed by atoms with Crippen LogP contribution in [0.15, 0.2) is 53.4 Å². The number of hydrogen-bond donors (Lipinski definition) is 2. The molecule has 9 nitrogen and oxygen atoms in total. The summed E-state index contributed by atoms with van der Waals surface area (Å²) in [5.74, 6) is -1.87. The summed E-state index contributed by atoms with van der Waals surface area (Å²) in [7, 11) is -3.84. The molecule has 1 aliphatic rings. The minimum Gasteiger partial charge on any atom is -0.452 e. The maximum atomic E-state index is 12.7. The zero-order valence-corrected chi connectivity index (χ0v) is 19.4. The molecule has 3 N–H and O–H groups in total. The molecule has 0 bridgehead atoms. The molecule has 1 heterocycles. The molecule has 0 radical (unpaired) electrons. The van der Waals surface area contributed by atoms with E-state index in [1.165, 1.54) is 31.2 Å². The summed E-state index contributed by atoms with van der Waals surface area (Å²) in [6.45, 7) is 2.16. The van der Waals surface area contributed by atoms with Crippen LogP contribution in [0.4, 0.5) is 5.69 Å². The Hall–Kier alpha value is -2.95. The molecular weight excluding hydrogens is 470 g/mol. The number of ether oxygens (including phenoxy) is 1. The van der Waals surface area contributed by atoms with E-state index >= 15 is 0 Å². The summed E-state index contributed by atoms with van der Waals surface area (Å²) in [6.07, 6.45) is 0.0978. The van der Waals surface area contributed by atoms with E-state index in [1.54, 1.807) is 29.2 Å². The van der Waals surface area contributed by atoms with Gasteiger partial charge < -0.3 is 15.0 Å². The third-order valence-electron chi connectivity index (χ3n) is 5.25. The maximum absolute atomic E-state index is 12.7. The fraction of sp³-hybridized carbons (Fsp3) is 0.318. The first kappa shape index (κ1) is 24.7. The largest absolute Gasteiger partial charge is 0.452 e. The Kier molecular flexibility index (Phi) is 7.72. The Morgan fingerprint density at radius 3 is 2.36 bits per heavy atom. The van der Waals surface area contributed by atoms with Crippen molar-refractivity contribution in [1.82, 2.24) is 4.90 Å². The van der Waals surface area contributed by atoms with Crippen LogP contribution in [0.1, 0.15) is 30.1 Å². The summed E-state index contributed by atoms with van der Waals surface area (Å²) >= 11 is 5.87. The van der Waals surface area contributed by atoms with Gasteiger partial charge in [-0.05, 0) is 68.3 Å². The van der Waals surface area contributed by atoms with E-state index in [1.807, 2.05) is 0 Å². The van der Waals surface area contributed by atoms with Gasteiger partial charge in [0, 0.05) is 29.4 Å². The van der Waals surface area contributed by atoms with Crippen molar-refractivity contribution in [2.45, 2.75) is 30.8 Å². The third kappa shape index (κ3) is 6.53. The summed E-state index contributed by atoms with van der Waals surface area (Å²) in [5.41, 5.74) is 0.808. The van der Waals surface area contributed by atoms with Crippen LogP contribution >= 0.6 is 11.6 Å². The second-order valence-electron chi connectivity index (χ2n) is 7.73. The smallest absolute Gasteiger partial charge is 0.311 e. The number of nitrogens with zero attached hydrogens (tertiary/aromatic N) is 1. The normalized spacial score (nSPS) is 17.2. The number of carbonyl (C=O) groups is 3. The van der Waals surface area contributed by atoms with Gasteiger partial charge in [0.2, 0.25) is 10.0 Å². The molecule has 1 saturated heterocycles. The van der Waals surface area contributed by atoms with Gasteiger partial charge in [0.15, 0.2) is 6.10 Å². The molecule has 2 atom stereocenters. The lowest BCUT2D eigenvalue weighted by atomic mass is 9.97. The van der Waals surface area contributed by atoms with E-state index in [-0.39, 0.29) is 17.3 Å². The first-order valence-corrected chi connectivity index (χ1v) is 12.2. The molecule has 0 aromatic heterocycles. The zero-order valence-electron chi connectivity index (χ0n) is 17.9. The summed E-state index contributed by atoms with van der Waals surface area (Å²) in [5, 5.41) is 8.13. The van der Waals surface area contributed by atoms with Crippen LogP contribution in [-0.2, 0) is 24.3 Å². The van der Waals surface area contributed by atoms with Crippen molar-refractivity contribution in [3.8, 4) is 0 Å². The lowest BCUT2D eigenvalue weighted by Gasteiger charge is -2.32. The lowest BCUT2D eigenvalue weighted by Crippen LogP contribution is -2.44. The van der Waals surface area contributed by atoms with Gasteiger partial charge in [0.1, 0.15) is 0 Å². The Morgan fingerprint density at radius 1 is 1.12 bits per heavy atom. The average molecular weight is 494 g/mol. The minimum atomic E-state index is -3.84. The molecule has 2 unspecified atom stereocenters. The summed E-state index contributed by atoms with van der Waals surface area (Å²) < 4.78 is 27.9. The molecule has 1 aliphatic heterocycles. The van der Waals surface area contributed by atoms with Crippen LogP contribution in [0.2, 0.25) is 5.02 Å². The average Bonchev–Trinajstić information content (AvgIpc) is 2.79. The van der Waals surface area contributed by atoms with Crippen molar-refractivity contribution in [3.63, 3.8) is 0 Å². The van der Waals surface area contributed by atoms with Gasteiger partial charge in [-0.3, -0.25) is 14.4 Å². The van der Waals surface area contributed by atoms with E-state index in [2.05, 4.69) is 5.32 Å². The number of primary sulfonamides is 1. The van der Waals surface area contributed by atoms with Gasteiger partial charge in [-0.25, -0.2) is 13.6 Å². The number of nitrogens with one attached hydrogen (secondary N) is 1. The number of rotatable bonds is 6. The van der Waals surface area contributed by atoms with E-state index in [4.69, 9.17) is 21.5 Å². The van der Waals surface area contributed by atoms with Crippen molar-refractivity contribution in [1.29, 1.82) is 0 Å². The molecule has 3 rings (SSSR count). The number of halogens is 1. The van der Waals surface area contributed by atoms with E-state index in [9.17, 15) is 22.8 Å². The summed E-state index contributed by atoms with van der Waals surface area (Å²) in [6, 6.07) is 11.8. The molecule has 11 heteroatoms.